The molecule has 0 aromatic carbocycles. The third-order valence-corrected chi connectivity index (χ3v) is 3.34. The molecule has 0 N–H and O–H groups in total. The quantitative estimate of drug-likeness (QED) is 0.646. The molecule has 0 radical (unpaired) electrons. The number of aromatic nitrogens is 1. The van der Waals surface area contributed by atoms with Crippen LogP contribution in [0.25, 0.3) is 6.08 Å². The van der Waals surface area contributed by atoms with Crippen molar-refractivity contribution in [2.75, 3.05) is 0 Å². The third kappa shape index (κ3) is 1.21. The maximum absolute atomic E-state index is 4.27. The van der Waals surface area contributed by atoms with Gasteiger partial charge in [0, 0.05) is 0 Å². The molecule has 1 rings (SSSR count). The molecule has 1 aromatic rings. The summed E-state index contributed by atoms with van der Waals surface area (Å²) >= 11 is -0.190. The average Bonchev–Trinajstić information content (AvgIpc) is 2.14. The van der Waals surface area contributed by atoms with Gasteiger partial charge in [-0.1, -0.05) is 0 Å². The first-order valence-electron chi connectivity index (χ1n) is 2.38. The van der Waals surface area contributed by atoms with E-state index in [1.54, 1.807) is 0 Å². The summed E-state index contributed by atoms with van der Waals surface area (Å²) in [6.07, 6.45) is 1.90. The number of hydrogen-bond donors (Lipinski definition) is 0. The van der Waals surface area contributed by atoms with Crippen molar-refractivity contribution in [2.45, 2.75) is 6.92 Å². The van der Waals surface area contributed by atoms with Crippen LogP contribution in [0.15, 0.2) is 12.6 Å². The van der Waals surface area contributed by atoms with Crippen molar-refractivity contribution in [2.24, 2.45) is 0 Å². The van der Waals surface area contributed by atoms with Gasteiger partial charge in [0.1, 0.15) is 0 Å². The van der Waals surface area contributed by atoms with Crippen molar-refractivity contribution in [1.82, 2.24) is 3.21 Å². The van der Waals surface area contributed by atoms with E-state index in [0.29, 0.717) is 0 Å². The first kappa shape index (κ1) is 6.07. The minimum atomic E-state index is -0.190. The Balaban J connectivity index is 3.00. The van der Waals surface area contributed by atoms with Crippen LogP contribution in [-0.2, 0) is 0 Å². The Bertz CT molecular complexity index is 190. The molecule has 0 bridgehead atoms. The maximum atomic E-state index is 4.27. The van der Waals surface area contributed by atoms with Gasteiger partial charge in [0.05, 0.1) is 0 Å². The Hall–Kier alpha value is -0.0604. The van der Waals surface area contributed by atoms with Gasteiger partial charge in [-0.2, -0.15) is 0 Å². The van der Waals surface area contributed by atoms with Crippen LogP contribution in [0, 0.1) is 6.92 Å². The summed E-state index contributed by atoms with van der Waals surface area (Å²) in [6.45, 7) is 5.70. The Morgan fingerprint density at radius 3 is 2.88 bits per heavy atom. The zero-order valence-corrected chi connectivity index (χ0v) is 7.05. The van der Waals surface area contributed by atoms with E-state index in [9.17, 15) is 0 Å². The summed E-state index contributed by atoms with van der Waals surface area (Å²) in [5.41, 5.74) is 1.17. The zero-order valence-electron chi connectivity index (χ0n) is 4.72. The standard InChI is InChI=1S/C6H7NTe/c1-3-6-4-5(2)7-8-6/h3-4H,1H2,2H3. The van der Waals surface area contributed by atoms with Crippen LogP contribution in [-0.4, -0.2) is 23.9 Å². The summed E-state index contributed by atoms with van der Waals surface area (Å²) in [5, 5.41) is 0. The molecule has 0 saturated heterocycles. The van der Waals surface area contributed by atoms with Crippen LogP contribution >= 0.6 is 0 Å². The first-order valence-corrected chi connectivity index (χ1v) is 4.59. The molecular weight excluding hydrogens is 214 g/mol. The molecule has 0 spiro atoms. The molecule has 1 aromatic heterocycles. The molecule has 42 valence electrons. The predicted octanol–water partition coefficient (Wildman–Crippen LogP) is 1.09. The molecule has 0 aliphatic heterocycles. The van der Waals surface area contributed by atoms with Gasteiger partial charge in [-0.3, -0.25) is 0 Å². The molecule has 1 heterocycles. The van der Waals surface area contributed by atoms with Crippen molar-refractivity contribution in [3.63, 3.8) is 0 Å². The molecule has 0 amide bonds. The van der Waals surface area contributed by atoms with Crippen LogP contribution in [0.2, 0.25) is 0 Å². The van der Waals surface area contributed by atoms with Gasteiger partial charge < -0.3 is 0 Å². The van der Waals surface area contributed by atoms with Gasteiger partial charge in [0.25, 0.3) is 0 Å². The molecule has 2 heteroatoms. The van der Waals surface area contributed by atoms with Crippen LogP contribution in [0.1, 0.15) is 9.27 Å². The predicted molar refractivity (Wildman–Crippen MR) is 36.0 cm³/mol. The zero-order chi connectivity index (χ0) is 5.98. The Morgan fingerprint density at radius 2 is 2.62 bits per heavy atom. The van der Waals surface area contributed by atoms with E-state index >= 15 is 0 Å². The number of nitrogens with zero attached hydrogens (tertiary/aromatic N) is 1. The topological polar surface area (TPSA) is 12.9 Å². The van der Waals surface area contributed by atoms with Crippen molar-refractivity contribution in [1.29, 1.82) is 0 Å². The molecule has 0 aliphatic rings. The molecule has 0 atom stereocenters. The van der Waals surface area contributed by atoms with Gasteiger partial charge >= 0.3 is 58.8 Å². The minimum absolute atomic E-state index is 0.190. The van der Waals surface area contributed by atoms with Crippen molar-refractivity contribution >= 4 is 26.8 Å². The molecule has 8 heavy (non-hydrogen) atoms. The number of hydrogen-bond acceptors (Lipinski definition) is 1. The second kappa shape index (κ2) is 2.48. The summed E-state index contributed by atoms with van der Waals surface area (Å²) in [5.74, 6) is 0. The van der Waals surface area contributed by atoms with Crippen LogP contribution < -0.4 is 0 Å². The van der Waals surface area contributed by atoms with E-state index in [-0.39, 0.29) is 20.7 Å². The molecule has 0 fully saturated rings. The Morgan fingerprint density at radius 1 is 1.88 bits per heavy atom. The van der Waals surface area contributed by atoms with E-state index in [4.69, 9.17) is 0 Å². The van der Waals surface area contributed by atoms with Gasteiger partial charge in [-0.05, 0) is 0 Å². The second-order valence-electron chi connectivity index (χ2n) is 1.57. The average molecular weight is 221 g/mol. The van der Waals surface area contributed by atoms with Gasteiger partial charge in [0.2, 0.25) is 0 Å². The van der Waals surface area contributed by atoms with Gasteiger partial charge in [-0.25, -0.2) is 0 Å². The molecule has 0 aliphatic carbocycles. The van der Waals surface area contributed by atoms with Crippen molar-refractivity contribution in [3.05, 3.63) is 21.9 Å². The number of aryl methyl sites for hydroxylation is 1. The molecular formula is C6H7NTe. The fraction of sp³-hybridized carbons (Fsp3) is 0.167. The monoisotopic (exact) mass is 223 g/mol. The SMILES string of the molecule is C=Cc1cc(C)n[te]1. The van der Waals surface area contributed by atoms with Crippen molar-refractivity contribution in [3.8, 4) is 0 Å². The summed E-state index contributed by atoms with van der Waals surface area (Å²) in [7, 11) is 0. The summed E-state index contributed by atoms with van der Waals surface area (Å²) in [4.78, 5) is 0. The van der Waals surface area contributed by atoms with Gasteiger partial charge in [-0.15, -0.1) is 0 Å². The van der Waals surface area contributed by atoms with Crippen LogP contribution in [0.3, 0.4) is 0 Å². The summed E-state index contributed by atoms with van der Waals surface area (Å²) in [6, 6.07) is 2.11. The Labute approximate surface area is 59.0 Å². The first-order chi connectivity index (χ1) is 3.83. The van der Waals surface area contributed by atoms with Crippen LogP contribution in [0.4, 0.5) is 0 Å². The second-order valence-corrected chi connectivity index (χ2v) is 3.96. The summed E-state index contributed by atoms with van der Waals surface area (Å²) < 4.78 is 5.63. The number of rotatable bonds is 1. The van der Waals surface area contributed by atoms with E-state index < -0.39 is 0 Å². The van der Waals surface area contributed by atoms with E-state index in [0.717, 1.165) is 0 Å². The van der Waals surface area contributed by atoms with Gasteiger partial charge in [0.15, 0.2) is 0 Å². The fourth-order valence-corrected chi connectivity index (χ4v) is 2.19. The van der Waals surface area contributed by atoms with E-state index in [1.165, 1.54) is 9.27 Å². The fourth-order valence-electron chi connectivity index (χ4n) is 0.479. The van der Waals surface area contributed by atoms with E-state index in [1.807, 2.05) is 13.0 Å². The third-order valence-electron chi connectivity index (χ3n) is 0.847. The molecule has 1 nitrogen and oxygen atoms in total. The molecule has 0 unspecified atom stereocenters. The molecule has 0 saturated carbocycles. The Kier molecular flexibility index (Phi) is 1.88. The van der Waals surface area contributed by atoms with Crippen LogP contribution in [0.5, 0.6) is 0 Å². The normalized spacial score (nSPS) is 9.12. The van der Waals surface area contributed by atoms with Crippen molar-refractivity contribution < 1.29 is 0 Å². The van der Waals surface area contributed by atoms with E-state index in [2.05, 4.69) is 15.9 Å².